The average molecular weight is 242 g/mol. The Kier molecular flexibility index (Phi) is 3.63. The maximum Gasteiger partial charge on any atom is 0.226 e. The van der Waals surface area contributed by atoms with E-state index in [9.17, 15) is 0 Å². The van der Waals surface area contributed by atoms with Crippen LogP contribution in [-0.2, 0) is 6.42 Å². The molecule has 1 heterocycles. The second-order valence-electron chi connectivity index (χ2n) is 3.81. The van der Waals surface area contributed by atoms with Crippen molar-refractivity contribution < 1.29 is 9.15 Å². The van der Waals surface area contributed by atoms with Gasteiger partial charge in [-0.1, -0.05) is 0 Å². The molecule has 0 N–H and O–H groups in total. The number of benzene rings is 1. The van der Waals surface area contributed by atoms with E-state index >= 15 is 0 Å². The molecular formula is C14H14N2O2. The topological polar surface area (TPSA) is 59.0 Å². The van der Waals surface area contributed by atoms with Crippen LogP contribution in [0.5, 0.6) is 5.75 Å². The molecule has 1 aromatic carbocycles. The molecule has 0 aliphatic rings. The van der Waals surface area contributed by atoms with Crippen LogP contribution in [0.1, 0.15) is 18.4 Å². The summed E-state index contributed by atoms with van der Waals surface area (Å²) in [6.45, 7) is 4.40. The molecule has 0 atom stereocenters. The standard InChI is InChI=1S/C14H14N2O2/c1-3-17-12-6-4-11(5-7-12)14-16-13(8-9-15)10(2)18-14/h4-7H,3,8H2,1-2H3. The zero-order chi connectivity index (χ0) is 13.0. The van der Waals surface area contributed by atoms with Crippen molar-refractivity contribution >= 4 is 0 Å². The fourth-order valence-corrected chi connectivity index (χ4v) is 1.65. The largest absolute Gasteiger partial charge is 0.494 e. The molecule has 0 aliphatic heterocycles. The van der Waals surface area contributed by atoms with Crippen molar-refractivity contribution in [2.24, 2.45) is 0 Å². The van der Waals surface area contributed by atoms with Crippen LogP contribution in [0.25, 0.3) is 11.5 Å². The van der Waals surface area contributed by atoms with Gasteiger partial charge in [0.15, 0.2) is 0 Å². The van der Waals surface area contributed by atoms with Crippen molar-refractivity contribution in [3.63, 3.8) is 0 Å². The molecule has 1 aromatic heterocycles. The highest BCUT2D eigenvalue weighted by atomic mass is 16.5. The number of nitriles is 1. The van der Waals surface area contributed by atoms with E-state index in [0.717, 1.165) is 11.3 Å². The van der Waals surface area contributed by atoms with E-state index in [0.29, 0.717) is 24.0 Å². The van der Waals surface area contributed by atoms with Crippen molar-refractivity contribution in [2.45, 2.75) is 20.3 Å². The lowest BCUT2D eigenvalue weighted by Gasteiger charge is -2.02. The molecule has 2 rings (SSSR count). The maximum absolute atomic E-state index is 8.67. The number of oxazole rings is 1. The Morgan fingerprint density at radius 1 is 1.33 bits per heavy atom. The highest BCUT2D eigenvalue weighted by molar-refractivity contribution is 5.55. The summed E-state index contributed by atoms with van der Waals surface area (Å²) >= 11 is 0. The fourth-order valence-electron chi connectivity index (χ4n) is 1.65. The summed E-state index contributed by atoms with van der Waals surface area (Å²) in [7, 11) is 0. The monoisotopic (exact) mass is 242 g/mol. The fraction of sp³-hybridized carbons (Fsp3) is 0.286. The van der Waals surface area contributed by atoms with Gasteiger partial charge < -0.3 is 9.15 Å². The first-order chi connectivity index (χ1) is 8.74. The molecule has 0 fully saturated rings. The van der Waals surface area contributed by atoms with Gasteiger partial charge in [-0.25, -0.2) is 4.98 Å². The van der Waals surface area contributed by atoms with Crippen molar-refractivity contribution in [3.05, 3.63) is 35.7 Å². The van der Waals surface area contributed by atoms with Crippen LogP contribution in [0, 0.1) is 18.3 Å². The Bertz CT molecular complexity index is 564. The van der Waals surface area contributed by atoms with E-state index in [-0.39, 0.29) is 6.42 Å². The van der Waals surface area contributed by atoms with Crippen LogP contribution in [-0.4, -0.2) is 11.6 Å². The highest BCUT2D eigenvalue weighted by Crippen LogP contribution is 2.24. The summed E-state index contributed by atoms with van der Waals surface area (Å²) in [6, 6.07) is 9.62. The quantitative estimate of drug-likeness (QED) is 0.826. The van der Waals surface area contributed by atoms with Gasteiger partial charge in [0, 0.05) is 5.56 Å². The number of aromatic nitrogens is 1. The third kappa shape index (κ3) is 2.51. The molecule has 4 nitrogen and oxygen atoms in total. The Morgan fingerprint density at radius 3 is 2.67 bits per heavy atom. The first-order valence-electron chi connectivity index (χ1n) is 5.81. The molecule has 92 valence electrons. The second-order valence-corrected chi connectivity index (χ2v) is 3.81. The minimum absolute atomic E-state index is 0.270. The predicted molar refractivity (Wildman–Crippen MR) is 67.2 cm³/mol. The predicted octanol–water partition coefficient (Wildman–Crippen LogP) is 3.11. The van der Waals surface area contributed by atoms with Crippen molar-refractivity contribution in [1.82, 2.24) is 4.98 Å². The summed E-state index contributed by atoms with van der Waals surface area (Å²) in [6.07, 6.45) is 0.270. The molecule has 0 bridgehead atoms. The molecule has 0 saturated heterocycles. The summed E-state index contributed by atoms with van der Waals surface area (Å²) in [5, 5.41) is 8.67. The average Bonchev–Trinajstić information content (AvgIpc) is 2.73. The molecule has 2 aromatic rings. The van der Waals surface area contributed by atoms with Gasteiger partial charge in [-0.15, -0.1) is 0 Å². The number of nitrogens with zero attached hydrogens (tertiary/aromatic N) is 2. The van der Waals surface area contributed by atoms with Crippen molar-refractivity contribution in [3.8, 4) is 23.3 Å². The van der Waals surface area contributed by atoms with Crippen LogP contribution >= 0.6 is 0 Å². The first kappa shape index (κ1) is 12.2. The molecule has 0 spiro atoms. The Morgan fingerprint density at radius 2 is 2.06 bits per heavy atom. The molecular weight excluding hydrogens is 228 g/mol. The summed E-state index contributed by atoms with van der Waals surface area (Å²) in [5.74, 6) is 2.06. The molecule has 18 heavy (non-hydrogen) atoms. The Hall–Kier alpha value is -2.28. The molecule has 0 radical (unpaired) electrons. The lowest BCUT2D eigenvalue weighted by atomic mass is 10.2. The summed E-state index contributed by atoms with van der Waals surface area (Å²) in [5.41, 5.74) is 1.58. The second kappa shape index (κ2) is 5.37. The zero-order valence-electron chi connectivity index (χ0n) is 10.4. The lowest BCUT2D eigenvalue weighted by molar-refractivity contribution is 0.340. The van der Waals surface area contributed by atoms with Gasteiger partial charge in [0.25, 0.3) is 0 Å². The maximum atomic E-state index is 8.67. The minimum Gasteiger partial charge on any atom is -0.494 e. The van der Waals surface area contributed by atoms with Crippen LogP contribution in [0.2, 0.25) is 0 Å². The van der Waals surface area contributed by atoms with E-state index in [1.807, 2.05) is 38.1 Å². The summed E-state index contributed by atoms with van der Waals surface area (Å²) in [4.78, 5) is 4.32. The normalized spacial score (nSPS) is 10.1. The SMILES string of the molecule is CCOc1ccc(-c2nc(CC#N)c(C)o2)cc1. The number of ether oxygens (including phenoxy) is 1. The van der Waals surface area contributed by atoms with Crippen molar-refractivity contribution in [2.75, 3.05) is 6.61 Å². The van der Waals surface area contributed by atoms with Gasteiger partial charge in [0.2, 0.25) is 5.89 Å². The van der Waals surface area contributed by atoms with Gasteiger partial charge in [-0.3, -0.25) is 0 Å². The van der Waals surface area contributed by atoms with Gasteiger partial charge in [0.05, 0.1) is 24.8 Å². The minimum atomic E-state index is 0.270. The van der Waals surface area contributed by atoms with Gasteiger partial charge >= 0.3 is 0 Å². The van der Waals surface area contributed by atoms with Crippen molar-refractivity contribution in [1.29, 1.82) is 5.26 Å². The Balaban J connectivity index is 2.26. The molecule has 0 unspecified atom stereocenters. The number of hydrogen-bond acceptors (Lipinski definition) is 4. The Labute approximate surface area is 106 Å². The molecule has 4 heteroatoms. The molecule has 0 amide bonds. The number of rotatable bonds is 4. The number of aryl methyl sites for hydroxylation is 1. The smallest absolute Gasteiger partial charge is 0.226 e. The zero-order valence-corrected chi connectivity index (χ0v) is 10.4. The van der Waals surface area contributed by atoms with Crippen LogP contribution < -0.4 is 4.74 Å². The van der Waals surface area contributed by atoms with Crippen LogP contribution in [0.3, 0.4) is 0 Å². The highest BCUT2D eigenvalue weighted by Gasteiger charge is 2.10. The van der Waals surface area contributed by atoms with E-state index in [1.165, 1.54) is 0 Å². The van der Waals surface area contributed by atoms with Crippen LogP contribution in [0.4, 0.5) is 0 Å². The first-order valence-corrected chi connectivity index (χ1v) is 5.81. The third-order valence-electron chi connectivity index (χ3n) is 2.55. The van der Waals surface area contributed by atoms with Gasteiger partial charge in [0.1, 0.15) is 11.5 Å². The molecule has 0 aliphatic carbocycles. The number of hydrogen-bond donors (Lipinski definition) is 0. The van der Waals surface area contributed by atoms with E-state index < -0.39 is 0 Å². The van der Waals surface area contributed by atoms with E-state index in [2.05, 4.69) is 11.1 Å². The lowest BCUT2D eigenvalue weighted by Crippen LogP contribution is -1.90. The summed E-state index contributed by atoms with van der Waals surface area (Å²) < 4.78 is 10.9. The van der Waals surface area contributed by atoms with E-state index in [1.54, 1.807) is 0 Å². The van der Waals surface area contributed by atoms with Gasteiger partial charge in [-0.2, -0.15) is 5.26 Å². The van der Waals surface area contributed by atoms with E-state index in [4.69, 9.17) is 14.4 Å². The van der Waals surface area contributed by atoms with Gasteiger partial charge in [-0.05, 0) is 38.1 Å². The molecule has 0 saturated carbocycles. The third-order valence-corrected chi connectivity index (χ3v) is 2.55. The van der Waals surface area contributed by atoms with Crippen LogP contribution in [0.15, 0.2) is 28.7 Å².